The SMILES string of the molecule is C#Cc1cccc(NS(=O)(=O)N(C)C(C)C)c1. The summed E-state index contributed by atoms with van der Waals surface area (Å²) in [5, 5.41) is 0. The summed E-state index contributed by atoms with van der Waals surface area (Å²) in [4.78, 5) is 0. The molecule has 0 saturated heterocycles. The summed E-state index contributed by atoms with van der Waals surface area (Å²) in [5.74, 6) is 2.46. The molecule has 0 aliphatic rings. The number of hydrogen-bond donors (Lipinski definition) is 1. The molecule has 92 valence electrons. The van der Waals surface area contributed by atoms with Crippen molar-refractivity contribution in [3.8, 4) is 12.3 Å². The van der Waals surface area contributed by atoms with Crippen LogP contribution in [0.3, 0.4) is 0 Å². The van der Waals surface area contributed by atoms with Crippen LogP contribution in [0, 0.1) is 12.3 Å². The van der Waals surface area contributed by atoms with Gasteiger partial charge in [0.25, 0.3) is 0 Å². The molecule has 0 aliphatic heterocycles. The summed E-state index contributed by atoms with van der Waals surface area (Å²) in [6, 6.07) is 6.62. The Balaban J connectivity index is 2.95. The van der Waals surface area contributed by atoms with Gasteiger partial charge in [0.15, 0.2) is 0 Å². The number of hydrogen-bond acceptors (Lipinski definition) is 2. The van der Waals surface area contributed by atoms with Gasteiger partial charge in [-0.25, -0.2) is 0 Å². The molecule has 0 aliphatic carbocycles. The van der Waals surface area contributed by atoms with Crippen molar-refractivity contribution in [2.45, 2.75) is 19.9 Å². The summed E-state index contributed by atoms with van der Waals surface area (Å²) < 4.78 is 27.5. The second-order valence-corrected chi connectivity index (χ2v) is 5.67. The largest absolute Gasteiger partial charge is 0.301 e. The Kier molecular flexibility index (Phi) is 4.16. The van der Waals surface area contributed by atoms with Crippen molar-refractivity contribution in [2.24, 2.45) is 0 Å². The van der Waals surface area contributed by atoms with E-state index in [1.807, 2.05) is 0 Å². The molecule has 0 spiro atoms. The lowest BCUT2D eigenvalue weighted by molar-refractivity contribution is 0.414. The predicted molar refractivity (Wildman–Crippen MR) is 69.8 cm³/mol. The number of benzene rings is 1. The van der Waals surface area contributed by atoms with Gasteiger partial charge in [0.05, 0.1) is 5.69 Å². The first-order chi connectivity index (χ1) is 7.86. The van der Waals surface area contributed by atoms with Crippen molar-refractivity contribution in [1.29, 1.82) is 0 Å². The topological polar surface area (TPSA) is 49.4 Å². The van der Waals surface area contributed by atoms with Gasteiger partial charge in [-0.05, 0) is 32.0 Å². The highest BCUT2D eigenvalue weighted by Gasteiger charge is 2.20. The molecule has 1 N–H and O–H groups in total. The molecule has 0 atom stereocenters. The summed E-state index contributed by atoms with van der Waals surface area (Å²) in [6.07, 6.45) is 5.25. The minimum atomic E-state index is -3.52. The second kappa shape index (κ2) is 5.21. The lowest BCUT2D eigenvalue weighted by Crippen LogP contribution is -2.37. The van der Waals surface area contributed by atoms with E-state index < -0.39 is 10.2 Å². The number of terminal acetylenes is 1. The Morgan fingerprint density at radius 3 is 2.59 bits per heavy atom. The van der Waals surface area contributed by atoms with E-state index in [1.165, 1.54) is 11.4 Å². The molecule has 1 rings (SSSR count). The smallest absolute Gasteiger partial charge is 0.271 e. The van der Waals surface area contributed by atoms with Crippen LogP contribution in [-0.2, 0) is 10.2 Å². The van der Waals surface area contributed by atoms with Gasteiger partial charge in [0.1, 0.15) is 0 Å². The molecule has 17 heavy (non-hydrogen) atoms. The van der Waals surface area contributed by atoms with Crippen LogP contribution in [0.25, 0.3) is 0 Å². The number of nitrogens with one attached hydrogen (secondary N) is 1. The van der Waals surface area contributed by atoms with Gasteiger partial charge < -0.3 is 0 Å². The Morgan fingerprint density at radius 1 is 1.41 bits per heavy atom. The Labute approximate surface area is 103 Å². The standard InChI is InChI=1S/C12H16N2O2S/c1-5-11-7-6-8-12(9-11)13-17(15,16)14(4)10(2)3/h1,6-10,13H,2-4H3. The lowest BCUT2D eigenvalue weighted by atomic mass is 10.2. The highest BCUT2D eigenvalue weighted by molar-refractivity contribution is 7.90. The van der Waals surface area contributed by atoms with Crippen LogP contribution in [0.5, 0.6) is 0 Å². The Bertz CT molecular complexity index is 530. The van der Waals surface area contributed by atoms with Gasteiger partial charge in [0.2, 0.25) is 0 Å². The van der Waals surface area contributed by atoms with E-state index in [4.69, 9.17) is 6.42 Å². The van der Waals surface area contributed by atoms with Crippen molar-refractivity contribution in [3.63, 3.8) is 0 Å². The monoisotopic (exact) mass is 252 g/mol. The normalized spacial score (nSPS) is 11.5. The van der Waals surface area contributed by atoms with Crippen LogP contribution in [0.1, 0.15) is 19.4 Å². The van der Waals surface area contributed by atoms with Gasteiger partial charge in [0, 0.05) is 18.7 Å². The third-order valence-electron chi connectivity index (χ3n) is 2.38. The van der Waals surface area contributed by atoms with E-state index in [0.717, 1.165) is 0 Å². The van der Waals surface area contributed by atoms with Crippen LogP contribution in [0.15, 0.2) is 24.3 Å². The third-order valence-corrected chi connectivity index (χ3v) is 4.06. The van der Waals surface area contributed by atoms with Gasteiger partial charge in [-0.2, -0.15) is 12.7 Å². The first kappa shape index (κ1) is 13.6. The molecule has 0 unspecified atom stereocenters. The van der Waals surface area contributed by atoms with E-state index in [1.54, 1.807) is 38.1 Å². The summed E-state index contributed by atoms with van der Waals surface area (Å²) >= 11 is 0. The molecule has 0 bridgehead atoms. The zero-order chi connectivity index (χ0) is 13.1. The van der Waals surface area contributed by atoms with Crippen molar-refractivity contribution in [1.82, 2.24) is 4.31 Å². The summed E-state index contributed by atoms with van der Waals surface area (Å²) in [5.41, 5.74) is 1.10. The summed E-state index contributed by atoms with van der Waals surface area (Å²) in [6.45, 7) is 3.61. The fraction of sp³-hybridized carbons (Fsp3) is 0.333. The molecular formula is C12H16N2O2S. The fourth-order valence-corrected chi connectivity index (χ4v) is 2.29. The van der Waals surface area contributed by atoms with E-state index in [0.29, 0.717) is 11.3 Å². The molecule has 0 fully saturated rings. The van der Waals surface area contributed by atoms with Gasteiger partial charge in [-0.1, -0.05) is 12.0 Å². The third kappa shape index (κ3) is 3.48. The Morgan fingerprint density at radius 2 is 2.06 bits per heavy atom. The quantitative estimate of drug-likeness (QED) is 0.829. The minimum absolute atomic E-state index is 0.108. The van der Waals surface area contributed by atoms with Crippen molar-refractivity contribution in [2.75, 3.05) is 11.8 Å². The van der Waals surface area contributed by atoms with Crippen LogP contribution in [0.2, 0.25) is 0 Å². The number of nitrogens with zero attached hydrogens (tertiary/aromatic N) is 1. The molecule has 5 heteroatoms. The molecular weight excluding hydrogens is 236 g/mol. The summed E-state index contributed by atoms with van der Waals surface area (Å²) in [7, 11) is -2.00. The molecule has 0 radical (unpaired) electrons. The average Bonchev–Trinajstić information content (AvgIpc) is 2.27. The first-order valence-corrected chi connectivity index (χ1v) is 6.63. The molecule has 0 heterocycles. The Hall–Kier alpha value is -1.51. The molecule has 0 aromatic heterocycles. The molecule has 0 saturated carbocycles. The van der Waals surface area contributed by atoms with E-state index >= 15 is 0 Å². The van der Waals surface area contributed by atoms with Crippen LogP contribution < -0.4 is 4.72 Å². The van der Waals surface area contributed by atoms with Crippen molar-refractivity contribution >= 4 is 15.9 Å². The first-order valence-electron chi connectivity index (χ1n) is 5.19. The number of rotatable bonds is 4. The minimum Gasteiger partial charge on any atom is -0.271 e. The predicted octanol–water partition coefficient (Wildman–Crippen LogP) is 1.66. The highest BCUT2D eigenvalue weighted by Crippen LogP contribution is 2.14. The number of anilines is 1. The van der Waals surface area contributed by atoms with E-state index in [-0.39, 0.29) is 6.04 Å². The maximum absolute atomic E-state index is 11.9. The van der Waals surface area contributed by atoms with Gasteiger partial charge >= 0.3 is 10.2 Å². The van der Waals surface area contributed by atoms with Gasteiger partial charge in [-0.15, -0.1) is 6.42 Å². The highest BCUT2D eigenvalue weighted by atomic mass is 32.2. The van der Waals surface area contributed by atoms with Crippen LogP contribution >= 0.6 is 0 Å². The van der Waals surface area contributed by atoms with Crippen molar-refractivity contribution < 1.29 is 8.42 Å². The zero-order valence-electron chi connectivity index (χ0n) is 10.1. The maximum atomic E-state index is 11.9. The maximum Gasteiger partial charge on any atom is 0.301 e. The lowest BCUT2D eigenvalue weighted by Gasteiger charge is -2.21. The molecule has 1 aromatic carbocycles. The van der Waals surface area contributed by atoms with Gasteiger partial charge in [-0.3, -0.25) is 4.72 Å². The van der Waals surface area contributed by atoms with E-state index in [2.05, 4.69) is 10.6 Å². The average molecular weight is 252 g/mol. The zero-order valence-corrected chi connectivity index (χ0v) is 11.0. The van der Waals surface area contributed by atoms with Crippen LogP contribution in [-0.4, -0.2) is 25.8 Å². The van der Waals surface area contributed by atoms with E-state index in [9.17, 15) is 8.42 Å². The fourth-order valence-electron chi connectivity index (χ4n) is 1.17. The van der Waals surface area contributed by atoms with Crippen molar-refractivity contribution in [3.05, 3.63) is 29.8 Å². The molecule has 1 aromatic rings. The van der Waals surface area contributed by atoms with Crippen LogP contribution in [0.4, 0.5) is 5.69 Å². The second-order valence-electron chi connectivity index (χ2n) is 3.94. The molecule has 4 nitrogen and oxygen atoms in total. The molecule has 0 amide bonds.